The maximum Gasteiger partial charge on any atom is 0.257 e. The van der Waals surface area contributed by atoms with Gasteiger partial charge in [0.2, 0.25) is 0 Å². The predicted molar refractivity (Wildman–Crippen MR) is 126 cm³/mol. The van der Waals surface area contributed by atoms with Crippen LogP contribution in [-0.2, 0) is 24.1 Å². The number of thiazole rings is 1. The lowest BCUT2D eigenvalue weighted by molar-refractivity contribution is -0.0707. The highest BCUT2D eigenvalue weighted by Crippen LogP contribution is 2.21. The number of benzene rings is 2. The minimum Gasteiger partial charge on any atom is -0.373 e. The van der Waals surface area contributed by atoms with Crippen molar-refractivity contribution in [2.45, 2.75) is 45.4 Å². The molecule has 0 bridgehead atoms. The lowest BCUT2D eigenvalue weighted by atomic mass is 9.99. The first-order chi connectivity index (χ1) is 15.1. The molecule has 2 heterocycles. The molecule has 0 radical (unpaired) electrons. The van der Waals surface area contributed by atoms with Crippen LogP contribution < -0.4 is 5.32 Å². The van der Waals surface area contributed by atoms with E-state index in [9.17, 15) is 4.79 Å². The van der Waals surface area contributed by atoms with E-state index in [1.165, 1.54) is 16.9 Å². The average molecular weight is 436 g/mol. The largest absolute Gasteiger partial charge is 0.373 e. The molecule has 162 valence electrons. The third kappa shape index (κ3) is 6.00. The SMILES string of the molecule is CC1CN(Cc2csc(NC(=O)c3ccccc3CCc3ccccc3)n2)CC(C)O1. The first-order valence-electron chi connectivity index (χ1n) is 10.8. The molecule has 0 saturated carbocycles. The zero-order valence-corrected chi connectivity index (χ0v) is 18.9. The van der Waals surface area contributed by atoms with Gasteiger partial charge in [-0.15, -0.1) is 11.3 Å². The van der Waals surface area contributed by atoms with Crippen LogP contribution >= 0.6 is 11.3 Å². The van der Waals surface area contributed by atoms with Gasteiger partial charge in [0.15, 0.2) is 5.13 Å². The van der Waals surface area contributed by atoms with Crippen LogP contribution in [0.1, 0.15) is 41.0 Å². The summed E-state index contributed by atoms with van der Waals surface area (Å²) >= 11 is 1.48. The number of amides is 1. The Balaban J connectivity index is 1.38. The monoisotopic (exact) mass is 435 g/mol. The molecule has 1 aliphatic rings. The summed E-state index contributed by atoms with van der Waals surface area (Å²) in [6.07, 6.45) is 2.19. The number of hydrogen-bond acceptors (Lipinski definition) is 5. The van der Waals surface area contributed by atoms with Gasteiger partial charge in [-0.3, -0.25) is 15.0 Å². The average Bonchev–Trinajstić information content (AvgIpc) is 3.19. The van der Waals surface area contributed by atoms with E-state index in [1.54, 1.807) is 0 Å². The summed E-state index contributed by atoms with van der Waals surface area (Å²) in [5.74, 6) is -0.0989. The lowest BCUT2D eigenvalue weighted by Gasteiger charge is -2.34. The molecule has 5 nitrogen and oxygen atoms in total. The molecule has 0 spiro atoms. The Morgan fingerprint density at radius 2 is 1.77 bits per heavy atom. The molecule has 1 fully saturated rings. The number of aryl methyl sites for hydroxylation is 2. The molecule has 2 unspecified atom stereocenters. The fourth-order valence-electron chi connectivity index (χ4n) is 4.13. The van der Waals surface area contributed by atoms with Gasteiger partial charge in [0, 0.05) is 30.6 Å². The molecule has 3 aromatic rings. The van der Waals surface area contributed by atoms with Gasteiger partial charge in [0.1, 0.15) is 0 Å². The number of ether oxygens (including phenoxy) is 1. The van der Waals surface area contributed by atoms with Crippen LogP contribution in [0, 0.1) is 0 Å². The maximum atomic E-state index is 13.0. The normalized spacial score (nSPS) is 19.3. The minimum absolute atomic E-state index is 0.0989. The molecule has 1 N–H and O–H groups in total. The lowest BCUT2D eigenvalue weighted by Crippen LogP contribution is -2.44. The van der Waals surface area contributed by atoms with Crippen LogP contribution in [0.25, 0.3) is 0 Å². The Morgan fingerprint density at radius 1 is 1.06 bits per heavy atom. The molecule has 4 rings (SSSR count). The number of nitrogens with zero attached hydrogens (tertiary/aromatic N) is 2. The first kappa shape index (κ1) is 21.7. The van der Waals surface area contributed by atoms with Crippen LogP contribution in [-0.4, -0.2) is 41.1 Å². The molecule has 1 saturated heterocycles. The highest BCUT2D eigenvalue weighted by molar-refractivity contribution is 7.14. The number of nitrogens with one attached hydrogen (secondary N) is 1. The molecule has 1 aromatic heterocycles. The zero-order chi connectivity index (χ0) is 21.6. The van der Waals surface area contributed by atoms with E-state index in [1.807, 2.05) is 47.8 Å². The number of rotatable bonds is 7. The summed E-state index contributed by atoms with van der Waals surface area (Å²) in [4.78, 5) is 20.0. The Morgan fingerprint density at radius 3 is 2.55 bits per heavy atom. The van der Waals surface area contributed by atoms with Gasteiger partial charge in [0.05, 0.1) is 17.9 Å². The predicted octanol–water partition coefficient (Wildman–Crippen LogP) is 4.79. The van der Waals surface area contributed by atoms with Gasteiger partial charge in [0.25, 0.3) is 5.91 Å². The fraction of sp³-hybridized carbons (Fsp3) is 0.360. The highest BCUT2D eigenvalue weighted by atomic mass is 32.1. The molecule has 2 aromatic carbocycles. The van der Waals surface area contributed by atoms with Gasteiger partial charge in [-0.2, -0.15) is 0 Å². The topological polar surface area (TPSA) is 54.5 Å². The number of carbonyl (C=O) groups excluding carboxylic acids is 1. The van der Waals surface area contributed by atoms with Crippen molar-refractivity contribution in [3.63, 3.8) is 0 Å². The van der Waals surface area contributed by atoms with Crippen molar-refractivity contribution >= 4 is 22.4 Å². The molecule has 1 amide bonds. The van der Waals surface area contributed by atoms with Crippen molar-refractivity contribution in [3.05, 3.63) is 82.4 Å². The fourth-order valence-corrected chi connectivity index (χ4v) is 4.82. The van der Waals surface area contributed by atoms with Gasteiger partial charge in [-0.25, -0.2) is 4.98 Å². The Bertz CT molecular complexity index is 995. The molecule has 0 aliphatic carbocycles. The summed E-state index contributed by atoms with van der Waals surface area (Å²) < 4.78 is 5.80. The Kier molecular flexibility index (Phi) is 7.12. The highest BCUT2D eigenvalue weighted by Gasteiger charge is 2.23. The summed E-state index contributed by atoms with van der Waals surface area (Å²) in [7, 11) is 0. The van der Waals surface area contributed by atoms with E-state index in [2.05, 4.69) is 41.2 Å². The second-order valence-electron chi connectivity index (χ2n) is 8.19. The summed E-state index contributed by atoms with van der Waals surface area (Å²) in [6, 6.07) is 18.2. The molecule has 1 aliphatic heterocycles. The molecule has 2 atom stereocenters. The first-order valence-corrected chi connectivity index (χ1v) is 11.7. The van der Waals surface area contributed by atoms with Crippen molar-refractivity contribution in [2.24, 2.45) is 0 Å². The van der Waals surface area contributed by atoms with Crippen LogP contribution in [0.3, 0.4) is 0 Å². The second-order valence-corrected chi connectivity index (χ2v) is 9.05. The van der Waals surface area contributed by atoms with E-state index < -0.39 is 0 Å². The van der Waals surface area contributed by atoms with E-state index in [4.69, 9.17) is 4.74 Å². The molecular weight excluding hydrogens is 406 g/mol. The van der Waals surface area contributed by atoms with Crippen LogP contribution in [0.2, 0.25) is 0 Å². The quantitative estimate of drug-likeness (QED) is 0.580. The van der Waals surface area contributed by atoms with E-state index in [0.717, 1.165) is 43.7 Å². The van der Waals surface area contributed by atoms with E-state index in [0.29, 0.717) is 10.7 Å². The standard InChI is InChI=1S/C25H29N3O2S/c1-18-14-28(15-19(2)30-18)16-22-17-31-25(26-22)27-24(29)23-11-7-6-10-21(23)13-12-20-8-4-3-5-9-20/h3-11,17-19H,12-16H2,1-2H3,(H,26,27,29). The summed E-state index contributed by atoms with van der Waals surface area (Å²) in [5, 5.41) is 5.67. The van der Waals surface area contributed by atoms with Gasteiger partial charge in [-0.05, 0) is 43.9 Å². The molecular formula is C25H29N3O2S. The van der Waals surface area contributed by atoms with Crippen molar-refractivity contribution in [2.75, 3.05) is 18.4 Å². The third-order valence-corrected chi connectivity index (χ3v) is 6.25. The number of hydrogen-bond donors (Lipinski definition) is 1. The van der Waals surface area contributed by atoms with Crippen molar-refractivity contribution < 1.29 is 9.53 Å². The van der Waals surface area contributed by atoms with Crippen LogP contribution in [0.15, 0.2) is 60.0 Å². The second kappa shape index (κ2) is 10.2. The molecule has 31 heavy (non-hydrogen) atoms. The molecule has 6 heteroatoms. The Hall–Kier alpha value is -2.54. The number of carbonyl (C=O) groups is 1. The van der Waals surface area contributed by atoms with Crippen LogP contribution in [0.5, 0.6) is 0 Å². The summed E-state index contributed by atoms with van der Waals surface area (Å²) in [5.41, 5.74) is 4.02. The van der Waals surface area contributed by atoms with E-state index >= 15 is 0 Å². The van der Waals surface area contributed by atoms with Crippen molar-refractivity contribution in [1.82, 2.24) is 9.88 Å². The van der Waals surface area contributed by atoms with Crippen LogP contribution in [0.4, 0.5) is 5.13 Å². The van der Waals surface area contributed by atoms with E-state index in [-0.39, 0.29) is 18.1 Å². The zero-order valence-electron chi connectivity index (χ0n) is 18.1. The smallest absolute Gasteiger partial charge is 0.257 e. The van der Waals surface area contributed by atoms with Crippen molar-refractivity contribution in [3.8, 4) is 0 Å². The number of morpholine rings is 1. The number of anilines is 1. The van der Waals surface area contributed by atoms with Crippen molar-refractivity contribution in [1.29, 1.82) is 0 Å². The van der Waals surface area contributed by atoms with Gasteiger partial charge < -0.3 is 4.74 Å². The third-order valence-electron chi connectivity index (χ3n) is 5.44. The minimum atomic E-state index is -0.0989. The Labute approximate surface area is 188 Å². The maximum absolute atomic E-state index is 13.0. The number of aromatic nitrogens is 1. The van der Waals surface area contributed by atoms with Gasteiger partial charge in [-0.1, -0.05) is 48.5 Å². The summed E-state index contributed by atoms with van der Waals surface area (Å²) in [6.45, 7) is 6.78. The van der Waals surface area contributed by atoms with Gasteiger partial charge >= 0.3 is 0 Å².